The number of benzene rings is 1. The molecule has 1 amide bonds. The Hall–Kier alpha value is -2.11. The van der Waals surface area contributed by atoms with Crippen molar-refractivity contribution in [3.05, 3.63) is 30.1 Å². The summed E-state index contributed by atoms with van der Waals surface area (Å²) in [5.74, 6) is -1.41. The van der Waals surface area contributed by atoms with Gasteiger partial charge >= 0.3 is 5.97 Å². The van der Waals surface area contributed by atoms with Gasteiger partial charge in [0, 0.05) is 6.54 Å². The van der Waals surface area contributed by atoms with Crippen LogP contribution in [0, 0.1) is 5.82 Å². The summed E-state index contributed by atoms with van der Waals surface area (Å²) in [6, 6.07) is 5.83. The molecule has 110 valence electrons. The summed E-state index contributed by atoms with van der Waals surface area (Å²) in [4.78, 5) is 24.5. The number of esters is 1. The molecule has 0 aliphatic heterocycles. The standard InChI is InChI=1S/C14H18FNO4/c1-3-8-16(9-14(18)19-2)13(17)10-20-12-7-5-4-6-11(12)15/h4-7H,3,8-10H2,1-2H3. The van der Waals surface area contributed by atoms with Gasteiger partial charge in [0.1, 0.15) is 6.54 Å². The van der Waals surface area contributed by atoms with Gasteiger partial charge in [-0.15, -0.1) is 0 Å². The van der Waals surface area contributed by atoms with Crippen molar-refractivity contribution >= 4 is 11.9 Å². The average Bonchev–Trinajstić information content (AvgIpc) is 2.45. The van der Waals surface area contributed by atoms with Crippen molar-refractivity contribution in [2.75, 3.05) is 26.8 Å². The smallest absolute Gasteiger partial charge is 0.325 e. The number of methoxy groups -OCH3 is 1. The quantitative estimate of drug-likeness (QED) is 0.713. The van der Waals surface area contributed by atoms with Crippen LogP contribution >= 0.6 is 0 Å². The maximum Gasteiger partial charge on any atom is 0.325 e. The van der Waals surface area contributed by atoms with E-state index in [2.05, 4.69) is 4.74 Å². The monoisotopic (exact) mass is 283 g/mol. The van der Waals surface area contributed by atoms with Crippen molar-refractivity contribution in [3.63, 3.8) is 0 Å². The summed E-state index contributed by atoms with van der Waals surface area (Å²) in [6.45, 7) is 1.84. The van der Waals surface area contributed by atoms with Gasteiger partial charge in [0.25, 0.3) is 5.91 Å². The lowest BCUT2D eigenvalue weighted by molar-refractivity contribution is -0.147. The molecule has 0 aliphatic rings. The Morgan fingerprint density at radius 2 is 2.00 bits per heavy atom. The highest BCUT2D eigenvalue weighted by Gasteiger charge is 2.17. The van der Waals surface area contributed by atoms with Crippen molar-refractivity contribution in [2.45, 2.75) is 13.3 Å². The molecule has 1 rings (SSSR count). The number of carbonyl (C=O) groups is 2. The molecule has 1 aromatic rings. The van der Waals surface area contributed by atoms with Gasteiger partial charge in [-0.05, 0) is 18.6 Å². The van der Waals surface area contributed by atoms with E-state index in [1.165, 1.54) is 30.2 Å². The van der Waals surface area contributed by atoms with Gasteiger partial charge in [0.15, 0.2) is 18.2 Å². The Kier molecular flexibility index (Phi) is 6.49. The van der Waals surface area contributed by atoms with Crippen LogP contribution in [-0.4, -0.2) is 43.6 Å². The summed E-state index contributed by atoms with van der Waals surface area (Å²) in [5.41, 5.74) is 0. The third kappa shape index (κ3) is 4.87. The summed E-state index contributed by atoms with van der Waals surface area (Å²) >= 11 is 0. The maximum absolute atomic E-state index is 13.3. The number of ether oxygens (including phenoxy) is 2. The minimum absolute atomic E-state index is 0.00960. The zero-order valence-electron chi connectivity index (χ0n) is 11.6. The molecule has 5 nitrogen and oxygen atoms in total. The summed E-state index contributed by atoms with van der Waals surface area (Å²) in [7, 11) is 1.26. The molecule has 0 bridgehead atoms. The number of hydrogen-bond acceptors (Lipinski definition) is 4. The lowest BCUT2D eigenvalue weighted by Crippen LogP contribution is -2.39. The molecule has 6 heteroatoms. The van der Waals surface area contributed by atoms with E-state index in [-0.39, 0.29) is 24.8 Å². The summed E-state index contributed by atoms with van der Waals surface area (Å²) < 4.78 is 23.0. The third-order valence-corrected chi connectivity index (χ3v) is 2.58. The topological polar surface area (TPSA) is 55.8 Å². The Labute approximate surface area is 117 Å². The third-order valence-electron chi connectivity index (χ3n) is 2.58. The molecule has 0 saturated carbocycles. The molecule has 0 radical (unpaired) electrons. The molecular weight excluding hydrogens is 265 g/mol. The molecule has 0 unspecified atom stereocenters. The van der Waals surface area contributed by atoms with Crippen LogP contribution < -0.4 is 4.74 Å². The van der Waals surface area contributed by atoms with Gasteiger partial charge in [0.05, 0.1) is 7.11 Å². The van der Waals surface area contributed by atoms with Crippen LogP contribution in [0.5, 0.6) is 5.75 Å². The Balaban J connectivity index is 2.58. The van der Waals surface area contributed by atoms with Gasteiger partial charge < -0.3 is 14.4 Å². The molecule has 0 saturated heterocycles. The number of para-hydroxylation sites is 1. The molecule has 0 spiro atoms. The first kappa shape index (κ1) is 15.9. The van der Waals surface area contributed by atoms with Gasteiger partial charge in [-0.1, -0.05) is 19.1 Å². The predicted molar refractivity (Wildman–Crippen MR) is 70.8 cm³/mol. The van der Waals surface area contributed by atoms with E-state index in [4.69, 9.17) is 4.74 Å². The van der Waals surface area contributed by atoms with Crippen LogP contribution in [0.2, 0.25) is 0 Å². The Morgan fingerprint density at radius 1 is 1.30 bits per heavy atom. The highest BCUT2D eigenvalue weighted by Crippen LogP contribution is 2.15. The fourth-order valence-corrected chi connectivity index (χ4v) is 1.57. The summed E-state index contributed by atoms with van der Waals surface area (Å²) in [6.07, 6.45) is 0.697. The van der Waals surface area contributed by atoms with Crippen molar-refractivity contribution in [1.82, 2.24) is 4.90 Å². The van der Waals surface area contributed by atoms with Crippen LogP contribution in [0.3, 0.4) is 0 Å². The number of rotatable bonds is 7. The van der Waals surface area contributed by atoms with Crippen molar-refractivity contribution in [3.8, 4) is 5.75 Å². The fourth-order valence-electron chi connectivity index (χ4n) is 1.57. The molecular formula is C14H18FNO4. The number of carbonyl (C=O) groups excluding carboxylic acids is 2. The van der Waals surface area contributed by atoms with E-state index in [1.54, 1.807) is 6.07 Å². The van der Waals surface area contributed by atoms with Crippen LogP contribution in [0.15, 0.2) is 24.3 Å². The minimum atomic E-state index is -0.532. The van der Waals surface area contributed by atoms with Crippen molar-refractivity contribution in [2.24, 2.45) is 0 Å². The normalized spacial score (nSPS) is 9.95. The van der Waals surface area contributed by atoms with E-state index >= 15 is 0 Å². The van der Waals surface area contributed by atoms with E-state index in [9.17, 15) is 14.0 Å². The number of nitrogens with zero attached hydrogens (tertiary/aromatic N) is 1. The largest absolute Gasteiger partial charge is 0.481 e. The summed E-state index contributed by atoms with van der Waals surface area (Å²) in [5, 5.41) is 0. The van der Waals surface area contributed by atoms with E-state index < -0.39 is 11.8 Å². The molecule has 0 aromatic heterocycles. The highest BCUT2D eigenvalue weighted by atomic mass is 19.1. The molecule has 0 N–H and O–H groups in total. The molecule has 0 atom stereocenters. The SMILES string of the molecule is CCCN(CC(=O)OC)C(=O)COc1ccccc1F. The predicted octanol–water partition coefficient (Wildman–Crippen LogP) is 1.62. The van der Waals surface area contributed by atoms with Crippen LogP contribution in [0.25, 0.3) is 0 Å². The highest BCUT2D eigenvalue weighted by molar-refractivity contribution is 5.83. The molecule has 0 heterocycles. The van der Waals surface area contributed by atoms with Gasteiger partial charge in [-0.2, -0.15) is 0 Å². The number of hydrogen-bond donors (Lipinski definition) is 0. The second-order valence-corrected chi connectivity index (χ2v) is 4.11. The minimum Gasteiger partial charge on any atom is -0.481 e. The van der Waals surface area contributed by atoms with E-state index in [1.807, 2.05) is 6.92 Å². The van der Waals surface area contributed by atoms with Gasteiger partial charge in [0.2, 0.25) is 0 Å². The molecule has 0 fully saturated rings. The first-order chi connectivity index (χ1) is 9.58. The zero-order chi connectivity index (χ0) is 15.0. The van der Waals surface area contributed by atoms with Crippen LogP contribution in [-0.2, 0) is 14.3 Å². The van der Waals surface area contributed by atoms with Crippen LogP contribution in [0.1, 0.15) is 13.3 Å². The lowest BCUT2D eigenvalue weighted by atomic mass is 10.3. The fraction of sp³-hybridized carbons (Fsp3) is 0.429. The lowest BCUT2D eigenvalue weighted by Gasteiger charge is -2.20. The Bertz CT molecular complexity index is 464. The first-order valence-electron chi connectivity index (χ1n) is 6.30. The average molecular weight is 283 g/mol. The number of amides is 1. The molecule has 20 heavy (non-hydrogen) atoms. The second-order valence-electron chi connectivity index (χ2n) is 4.11. The van der Waals surface area contributed by atoms with Gasteiger partial charge in [-0.3, -0.25) is 9.59 Å². The maximum atomic E-state index is 13.3. The van der Waals surface area contributed by atoms with E-state index in [0.717, 1.165) is 0 Å². The molecule has 1 aromatic carbocycles. The van der Waals surface area contributed by atoms with Gasteiger partial charge in [-0.25, -0.2) is 4.39 Å². The number of halogens is 1. The van der Waals surface area contributed by atoms with E-state index in [0.29, 0.717) is 13.0 Å². The Morgan fingerprint density at radius 3 is 2.60 bits per heavy atom. The first-order valence-corrected chi connectivity index (χ1v) is 6.30. The van der Waals surface area contributed by atoms with Crippen molar-refractivity contribution in [1.29, 1.82) is 0 Å². The second kappa shape index (κ2) is 8.14. The van der Waals surface area contributed by atoms with Crippen LogP contribution in [0.4, 0.5) is 4.39 Å². The van der Waals surface area contributed by atoms with Crippen molar-refractivity contribution < 1.29 is 23.5 Å². The molecule has 0 aliphatic carbocycles. The zero-order valence-corrected chi connectivity index (χ0v) is 11.6.